The molecule has 0 unspecified atom stereocenters. The van der Waals surface area contributed by atoms with Gasteiger partial charge < -0.3 is 9.84 Å². The van der Waals surface area contributed by atoms with Crippen molar-refractivity contribution in [3.05, 3.63) is 53.6 Å². The van der Waals surface area contributed by atoms with E-state index in [2.05, 4.69) is 0 Å². The summed E-state index contributed by atoms with van der Waals surface area (Å²) in [6.45, 7) is 4.37. The number of hydrogen-bond donors (Lipinski definition) is 1. The first-order chi connectivity index (χ1) is 9.13. The summed E-state index contributed by atoms with van der Waals surface area (Å²) in [6, 6.07) is 13.0. The van der Waals surface area contributed by atoms with Crippen LogP contribution >= 0.6 is 0 Å². The Morgan fingerprint density at radius 2 is 1.95 bits per heavy atom. The van der Waals surface area contributed by atoms with Crippen molar-refractivity contribution in [2.45, 2.75) is 13.8 Å². The van der Waals surface area contributed by atoms with Gasteiger partial charge in [0.2, 0.25) is 0 Å². The van der Waals surface area contributed by atoms with Crippen LogP contribution in [-0.2, 0) is 0 Å². The average molecular weight is 256 g/mol. The standard InChI is InChI=1S/C16H16O3/c1-3-19-13-7-4-6-12(10-13)14-8-5-9-15(11(14)2)16(17)18/h4-10H,3H2,1-2H3,(H,17,18). The van der Waals surface area contributed by atoms with Crippen molar-refractivity contribution < 1.29 is 14.6 Å². The molecule has 0 aliphatic rings. The van der Waals surface area contributed by atoms with Crippen LogP contribution in [0.25, 0.3) is 11.1 Å². The normalized spacial score (nSPS) is 10.2. The second kappa shape index (κ2) is 5.57. The minimum absolute atomic E-state index is 0.333. The molecule has 0 aromatic heterocycles. The van der Waals surface area contributed by atoms with Gasteiger partial charge in [0.15, 0.2) is 0 Å². The smallest absolute Gasteiger partial charge is 0.335 e. The van der Waals surface area contributed by atoms with Gasteiger partial charge in [-0.2, -0.15) is 0 Å². The predicted molar refractivity (Wildman–Crippen MR) is 74.7 cm³/mol. The van der Waals surface area contributed by atoms with Crippen molar-refractivity contribution in [3.8, 4) is 16.9 Å². The number of ether oxygens (including phenoxy) is 1. The first-order valence-corrected chi connectivity index (χ1v) is 6.19. The van der Waals surface area contributed by atoms with Gasteiger partial charge in [-0.3, -0.25) is 0 Å². The second-order valence-corrected chi connectivity index (χ2v) is 4.24. The summed E-state index contributed by atoms with van der Waals surface area (Å²) in [5.74, 6) is -0.111. The van der Waals surface area contributed by atoms with E-state index in [-0.39, 0.29) is 0 Å². The molecule has 19 heavy (non-hydrogen) atoms. The molecular weight excluding hydrogens is 240 g/mol. The fourth-order valence-electron chi connectivity index (χ4n) is 2.10. The van der Waals surface area contributed by atoms with Gasteiger partial charge in [0.25, 0.3) is 0 Å². The minimum Gasteiger partial charge on any atom is -0.494 e. The molecule has 0 radical (unpaired) electrons. The highest BCUT2D eigenvalue weighted by Crippen LogP contribution is 2.28. The van der Waals surface area contributed by atoms with Crippen LogP contribution in [0.4, 0.5) is 0 Å². The van der Waals surface area contributed by atoms with E-state index in [1.807, 2.05) is 44.2 Å². The van der Waals surface area contributed by atoms with E-state index >= 15 is 0 Å². The third-order valence-corrected chi connectivity index (χ3v) is 3.02. The summed E-state index contributed by atoms with van der Waals surface area (Å²) in [7, 11) is 0. The molecule has 2 aromatic carbocycles. The molecule has 0 atom stereocenters. The molecule has 0 bridgehead atoms. The van der Waals surface area contributed by atoms with E-state index in [9.17, 15) is 4.79 Å². The molecule has 0 aliphatic heterocycles. The largest absolute Gasteiger partial charge is 0.494 e. The van der Waals surface area contributed by atoms with Crippen LogP contribution < -0.4 is 4.74 Å². The van der Waals surface area contributed by atoms with E-state index in [0.29, 0.717) is 12.2 Å². The molecule has 3 nitrogen and oxygen atoms in total. The molecule has 0 saturated carbocycles. The van der Waals surface area contributed by atoms with Gasteiger partial charge in [-0.15, -0.1) is 0 Å². The SMILES string of the molecule is CCOc1cccc(-c2cccc(C(=O)O)c2C)c1. The van der Waals surface area contributed by atoms with Crippen LogP contribution in [0.5, 0.6) is 5.75 Å². The molecule has 0 amide bonds. The van der Waals surface area contributed by atoms with Gasteiger partial charge in [-0.05, 0) is 48.7 Å². The van der Waals surface area contributed by atoms with Crippen molar-refractivity contribution >= 4 is 5.97 Å². The Morgan fingerprint density at radius 3 is 2.63 bits per heavy atom. The topological polar surface area (TPSA) is 46.5 Å². The lowest BCUT2D eigenvalue weighted by molar-refractivity contribution is 0.0696. The third-order valence-electron chi connectivity index (χ3n) is 3.02. The zero-order valence-electron chi connectivity index (χ0n) is 11.0. The van der Waals surface area contributed by atoms with Gasteiger partial charge in [0, 0.05) is 0 Å². The monoisotopic (exact) mass is 256 g/mol. The minimum atomic E-state index is -0.902. The summed E-state index contributed by atoms with van der Waals surface area (Å²) in [5.41, 5.74) is 2.98. The summed E-state index contributed by atoms with van der Waals surface area (Å²) in [4.78, 5) is 11.2. The number of benzene rings is 2. The highest BCUT2D eigenvalue weighted by atomic mass is 16.5. The molecule has 3 heteroatoms. The lowest BCUT2D eigenvalue weighted by Crippen LogP contribution is -2.00. The van der Waals surface area contributed by atoms with Gasteiger partial charge in [0.1, 0.15) is 5.75 Å². The Morgan fingerprint density at radius 1 is 1.21 bits per heavy atom. The molecule has 0 aliphatic carbocycles. The van der Waals surface area contributed by atoms with Gasteiger partial charge in [-0.25, -0.2) is 4.79 Å². The molecule has 0 heterocycles. The zero-order valence-corrected chi connectivity index (χ0v) is 11.0. The van der Waals surface area contributed by atoms with E-state index in [1.165, 1.54) is 0 Å². The van der Waals surface area contributed by atoms with Crippen LogP contribution in [-0.4, -0.2) is 17.7 Å². The maximum Gasteiger partial charge on any atom is 0.335 e. The number of carboxylic acid groups (broad SMARTS) is 1. The van der Waals surface area contributed by atoms with Crippen molar-refractivity contribution in [1.82, 2.24) is 0 Å². The summed E-state index contributed by atoms with van der Waals surface area (Å²) in [5, 5.41) is 9.15. The Balaban J connectivity index is 2.50. The van der Waals surface area contributed by atoms with Crippen molar-refractivity contribution in [2.24, 2.45) is 0 Å². The Labute approximate surface area is 112 Å². The van der Waals surface area contributed by atoms with Gasteiger partial charge in [0.05, 0.1) is 12.2 Å². The molecule has 0 spiro atoms. The van der Waals surface area contributed by atoms with Crippen molar-refractivity contribution in [1.29, 1.82) is 0 Å². The van der Waals surface area contributed by atoms with Crippen molar-refractivity contribution in [3.63, 3.8) is 0 Å². The van der Waals surface area contributed by atoms with E-state index in [0.717, 1.165) is 22.4 Å². The lowest BCUT2D eigenvalue weighted by Gasteiger charge is -2.10. The molecule has 2 rings (SSSR count). The van der Waals surface area contributed by atoms with Gasteiger partial charge in [-0.1, -0.05) is 24.3 Å². The number of aromatic carboxylic acids is 1. The molecule has 1 N–H and O–H groups in total. The molecule has 98 valence electrons. The second-order valence-electron chi connectivity index (χ2n) is 4.24. The quantitative estimate of drug-likeness (QED) is 0.906. The predicted octanol–water partition coefficient (Wildman–Crippen LogP) is 3.76. The van der Waals surface area contributed by atoms with Crippen LogP contribution in [0, 0.1) is 6.92 Å². The Kier molecular flexibility index (Phi) is 3.85. The molecule has 0 fully saturated rings. The third kappa shape index (κ3) is 2.76. The Hall–Kier alpha value is -2.29. The highest BCUT2D eigenvalue weighted by molar-refractivity contribution is 5.92. The summed E-state index contributed by atoms with van der Waals surface area (Å²) < 4.78 is 5.47. The number of rotatable bonds is 4. The van der Waals surface area contributed by atoms with Gasteiger partial charge >= 0.3 is 5.97 Å². The summed E-state index contributed by atoms with van der Waals surface area (Å²) in [6.07, 6.45) is 0. The number of carboxylic acids is 1. The van der Waals surface area contributed by atoms with Crippen LogP contribution in [0.1, 0.15) is 22.8 Å². The Bertz CT molecular complexity index is 603. The zero-order chi connectivity index (χ0) is 13.8. The van der Waals surface area contributed by atoms with E-state index < -0.39 is 5.97 Å². The number of hydrogen-bond acceptors (Lipinski definition) is 2. The highest BCUT2D eigenvalue weighted by Gasteiger charge is 2.11. The molecule has 2 aromatic rings. The van der Waals surface area contributed by atoms with Crippen LogP contribution in [0.3, 0.4) is 0 Å². The maximum atomic E-state index is 11.2. The fraction of sp³-hybridized carbons (Fsp3) is 0.188. The molecular formula is C16H16O3. The maximum absolute atomic E-state index is 11.2. The first kappa shape index (κ1) is 13.1. The van der Waals surface area contributed by atoms with Crippen LogP contribution in [0.15, 0.2) is 42.5 Å². The lowest BCUT2D eigenvalue weighted by atomic mass is 9.96. The van der Waals surface area contributed by atoms with Crippen molar-refractivity contribution in [2.75, 3.05) is 6.61 Å². The number of carbonyl (C=O) groups is 1. The summed E-state index contributed by atoms with van der Waals surface area (Å²) >= 11 is 0. The van der Waals surface area contributed by atoms with Crippen LogP contribution in [0.2, 0.25) is 0 Å². The average Bonchev–Trinajstić information content (AvgIpc) is 2.39. The van der Waals surface area contributed by atoms with E-state index in [4.69, 9.17) is 9.84 Å². The first-order valence-electron chi connectivity index (χ1n) is 6.19. The molecule has 0 saturated heterocycles. The fourth-order valence-corrected chi connectivity index (χ4v) is 2.10. The van der Waals surface area contributed by atoms with E-state index in [1.54, 1.807) is 12.1 Å².